The van der Waals surface area contributed by atoms with E-state index >= 15 is 0 Å². The highest BCUT2D eigenvalue weighted by molar-refractivity contribution is 5.99. The summed E-state index contributed by atoms with van der Waals surface area (Å²) in [5, 5.41) is 0. The summed E-state index contributed by atoms with van der Waals surface area (Å²) in [6, 6.07) is 0. The quantitative estimate of drug-likeness (QED) is 0.374. The summed E-state index contributed by atoms with van der Waals surface area (Å²) in [6.45, 7) is 4.08. The first-order valence-corrected chi connectivity index (χ1v) is 6.97. The molecule has 0 spiro atoms. The van der Waals surface area contributed by atoms with Gasteiger partial charge < -0.3 is 4.74 Å². The van der Waals surface area contributed by atoms with E-state index in [0.717, 1.165) is 6.42 Å². The number of hydrogen-bond acceptors (Lipinski definition) is 3. The Balaban J connectivity index is 1.79. The number of esters is 2. The molecule has 7 atom stereocenters. The van der Waals surface area contributed by atoms with Gasteiger partial charge >= 0.3 is 11.9 Å². The van der Waals surface area contributed by atoms with Gasteiger partial charge in [-0.2, -0.15) is 0 Å². The second-order valence-corrected chi connectivity index (χ2v) is 6.86. The molecule has 2 saturated carbocycles. The number of cyclic esters (lactones) is 2. The summed E-state index contributed by atoms with van der Waals surface area (Å²) in [7, 11) is 0. The molecule has 96 valence electrons. The molecule has 0 aromatic carbocycles. The van der Waals surface area contributed by atoms with Gasteiger partial charge in [0.2, 0.25) is 0 Å². The molecule has 3 heteroatoms. The third kappa shape index (κ3) is 1.03. The van der Waals surface area contributed by atoms with Crippen LogP contribution in [0.5, 0.6) is 0 Å². The van der Waals surface area contributed by atoms with Crippen LogP contribution >= 0.6 is 0 Å². The van der Waals surface area contributed by atoms with E-state index in [1.165, 1.54) is 6.42 Å². The van der Waals surface area contributed by atoms with Crippen LogP contribution in [-0.2, 0) is 14.3 Å². The minimum absolute atomic E-state index is 0.209. The van der Waals surface area contributed by atoms with Crippen LogP contribution in [0.15, 0.2) is 12.2 Å². The molecule has 18 heavy (non-hydrogen) atoms. The number of carbonyl (C=O) groups excluding carboxylic acids is 2. The molecule has 0 aromatic rings. The topological polar surface area (TPSA) is 43.4 Å². The Morgan fingerprint density at radius 1 is 1.28 bits per heavy atom. The first kappa shape index (κ1) is 10.8. The molecule has 0 aromatic heterocycles. The number of hydrogen-bond donors (Lipinski definition) is 0. The Kier molecular flexibility index (Phi) is 1.83. The lowest BCUT2D eigenvalue weighted by molar-refractivity contribution is -0.155. The predicted octanol–water partition coefficient (Wildman–Crippen LogP) is 2.17. The van der Waals surface area contributed by atoms with Crippen molar-refractivity contribution in [2.45, 2.75) is 26.7 Å². The van der Waals surface area contributed by atoms with Crippen molar-refractivity contribution >= 4 is 11.9 Å². The van der Waals surface area contributed by atoms with Gasteiger partial charge in [-0.15, -0.1) is 0 Å². The van der Waals surface area contributed by atoms with Gasteiger partial charge in [-0.05, 0) is 49.4 Å². The maximum atomic E-state index is 12.0. The van der Waals surface area contributed by atoms with Crippen molar-refractivity contribution in [2.24, 2.45) is 40.9 Å². The van der Waals surface area contributed by atoms with E-state index in [2.05, 4.69) is 19.1 Å². The van der Waals surface area contributed by atoms with Crippen molar-refractivity contribution in [3.63, 3.8) is 0 Å². The van der Waals surface area contributed by atoms with Gasteiger partial charge in [0.15, 0.2) is 0 Å². The Labute approximate surface area is 107 Å². The highest BCUT2D eigenvalue weighted by atomic mass is 16.6. The summed E-state index contributed by atoms with van der Waals surface area (Å²) in [5.41, 5.74) is -0.560. The number of allylic oxidation sites excluding steroid dienone is 2. The van der Waals surface area contributed by atoms with E-state index in [4.69, 9.17) is 4.74 Å². The van der Waals surface area contributed by atoms with Gasteiger partial charge in [-0.25, -0.2) is 0 Å². The smallest absolute Gasteiger partial charge is 0.320 e. The molecule has 4 rings (SSSR count). The van der Waals surface area contributed by atoms with Crippen LogP contribution in [-0.4, -0.2) is 11.9 Å². The molecule has 2 bridgehead atoms. The predicted molar refractivity (Wildman–Crippen MR) is 64.2 cm³/mol. The summed E-state index contributed by atoms with van der Waals surface area (Å²) in [6.07, 6.45) is 6.71. The third-order valence-corrected chi connectivity index (χ3v) is 6.08. The second-order valence-electron chi connectivity index (χ2n) is 6.86. The van der Waals surface area contributed by atoms with Crippen LogP contribution in [0.3, 0.4) is 0 Å². The fourth-order valence-electron chi connectivity index (χ4n) is 5.41. The summed E-state index contributed by atoms with van der Waals surface area (Å²) < 4.78 is 4.94. The van der Waals surface area contributed by atoms with E-state index in [1.54, 1.807) is 0 Å². The lowest BCUT2D eigenvalue weighted by atomic mass is 9.54. The molecular weight excluding hydrogens is 228 g/mol. The maximum Gasteiger partial charge on any atom is 0.320 e. The van der Waals surface area contributed by atoms with Gasteiger partial charge in [-0.3, -0.25) is 9.59 Å². The monoisotopic (exact) mass is 246 g/mol. The number of fused-ring (bicyclic) bond motifs is 6. The van der Waals surface area contributed by atoms with Crippen molar-refractivity contribution in [3.8, 4) is 0 Å². The zero-order chi connectivity index (χ0) is 12.7. The zero-order valence-corrected chi connectivity index (χ0v) is 10.8. The molecule has 3 fully saturated rings. The van der Waals surface area contributed by atoms with Crippen LogP contribution in [0.4, 0.5) is 0 Å². The van der Waals surface area contributed by atoms with Crippen molar-refractivity contribution in [2.75, 3.05) is 0 Å². The number of carbonyl (C=O) groups is 2. The fourth-order valence-corrected chi connectivity index (χ4v) is 5.41. The van der Waals surface area contributed by atoms with E-state index in [0.29, 0.717) is 23.7 Å². The number of rotatable bonds is 0. The van der Waals surface area contributed by atoms with E-state index in [9.17, 15) is 9.59 Å². The van der Waals surface area contributed by atoms with Crippen LogP contribution in [0.1, 0.15) is 26.7 Å². The lowest BCUT2D eigenvalue weighted by Gasteiger charge is -2.46. The summed E-state index contributed by atoms with van der Waals surface area (Å²) in [4.78, 5) is 24.0. The normalized spacial score (nSPS) is 56.6. The van der Waals surface area contributed by atoms with Crippen molar-refractivity contribution in [1.82, 2.24) is 0 Å². The fraction of sp³-hybridized carbons (Fsp3) is 0.733. The Bertz CT molecular complexity index is 480. The van der Waals surface area contributed by atoms with Gasteiger partial charge in [-0.1, -0.05) is 19.1 Å². The summed E-state index contributed by atoms with van der Waals surface area (Å²) in [5.74, 6) is 1.92. The zero-order valence-electron chi connectivity index (χ0n) is 10.8. The van der Waals surface area contributed by atoms with E-state index < -0.39 is 5.41 Å². The average molecular weight is 246 g/mol. The minimum atomic E-state index is -0.560. The molecule has 3 aliphatic carbocycles. The largest absolute Gasteiger partial charge is 0.392 e. The Hall–Kier alpha value is -1.12. The first-order chi connectivity index (χ1) is 8.52. The second kappa shape index (κ2) is 3.06. The molecule has 3 nitrogen and oxygen atoms in total. The minimum Gasteiger partial charge on any atom is -0.392 e. The molecule has 1 heterocycles. The average Bonchev–Trinajstić information content (AvgIpc) is 2.93. The molecule has 1 saturated heterocycles. The molecule has 7 unspecified atom stereocenters. The Morgan fingerprint density at radius 3 is 2.78 bits per heavy atom. The molecule has 0 N–H and O–H groups in total. The van der Waals surface area contributed by atoms with Crippen LogP contribution < -0.4 is 0 Å². The third-order valence-electron chi connectivity index (χ3n) is 6.08. The molecule has 0 amide bonds. The van der Waals surface area contributed by atoms with Gasteiger partial charge in [0.25, 0.3) is 0 Å². The van der Waals surface area contributed by atoms with E-state index in [-0.39, 0.29) is 23.8 Å². The SMILES string of the molecule is CC1C2C3C=CC(C3)C2CC2(C)C(=O)OC(=O)C12. The van der Waals surface area contributed by atoms with Crippen LogP contribution in [0, 0.1) is 40.9 Å². The standard InChI is InChI=1S/C15H18O3/c1-7-11-9-4-3-8(5-9)10(11)6-15(2)12(7)13(16)18-14(15)17/h3-4,7-12H,5-6H2,1-2H3. The number of ether oxygens (including phenoxy) is 1. The highest BCUT2D eigenvalue weighted by Gasteiger charge is 2.65. The first-order valence-electron chi connectivity index (χ1n) is 6.97. The highest BCUT2D eigenvalue weighted by Crippen LogP contribution is 2.63. The van der Waals surface area contributed by atoms with Gasteiger partial charge in [0.05, 0.1) is 11.3 Å². The molecule has 4 aliphatic rings. The van der Waals surface area contributed by atoms with Crippen LogP contribution in [0.2, 0.25) is 0 Å². The van der Waals surface area contributed by atoms with Gasteiger partial charge in [0, 0.05) is 0 Å². The van der Waals surface area contributed by atoms with Crippen molar-refractivity contribution < 1.29 is 14.3 Å². The van der Waals surface area contributed by atoms with Crippen molar-refractivity contribution in [1.29, 1.82) is 0 Å². The summed E-state index contributed by atoms with van der Waals surface area (Å²) >= 11 is 0. The van der Waals surface area contributed by atoms with Crippen molar-refractivity contribution in [3.05, 3.63) is 12.2 Å². The molecule has 1 aliphatic heterocycles. The Morgan fingerprint density at radius 2 is 2.00 bits per heavy atom. The maximum absolute atomic E-state index is 12.0. The lowest BCUT2D eigenvalue weighted by Crippen LogP contribution is -2.47. The van der Waals surface area contributed by atoms with E-state index in [1.807, 2.05) is 6.92 Å². The molecular formula is C15H18O3. The molecule has 0 radical (unpaired) electrons. The van der Waals surface area contributed by atoms with Crippen LogP contribution in [0.25, 0.3) is 0 Å². The van der Waals surface area contributed by atoms with Gasteiger partial charge in [0.1, 0.15) is 0 Å².